The summed E-state index contributed by atoms with van der Waals surface area (Å²) in [7, 11) is 3.44. The van der Waals surface area contributed by atoms with Gasteiger partial charge in [-0.1, -0.05) is 11.8 Å². The summed E-state index contributed by atoms with van der Waals surface area (Å²) in [4.78, 5) is 22.6. The highest BCUT2D eigenvalue weighted by Gasteiger charge is 2.14. The van der Waals surface area contributed by atoms with Crippen LogP contribution in [0.2, 0.25) is 0 Å². The molecule has 0 saturated carbocycles. The number of anilines is 1. The van der Waals surface area contributed by atoms with Crippen molar-refractivity contribution in [1.82, 2.24) is 14.8 Å². The van der Waals surface area contributed by atoms with Crippen molar-refractivity contribution in [2.24, 2.45) is 7.05 Å². The second-order valence-corrected chi connectivity index (χ2v) is 7.13. The van der Waals surface area contributed by atoms with E-state index >= 15 is 0 Å². The van der Waals surface area contributed by atoms with Gasteiger partial charge in [-0.05, 0) is 42.8 Å². The Bertz CT molecular complexity index is 1050. The van der Waals surface area contributed by atoms with Crippen LogP contribution in [-0.2, 0) is 11.8 Å². The van der Waals surface area contributed by atoms with E-state index in [1.54, 1.807) is 14.0 Å². The third kappa shape index (κ3) is 4.72. The van der Waals surface area contributed by atoms with Gasteiger partial charge in [0, 0.05) is 30.4 Å². The van der Waals surface area contributed by atoms with Crippen LogP contribution < -0.4 is 10.1 Å². The fourth-order valence-corrected chi connectivity index (χ4v) is 3.36. The van der Waals surface area contributed by atoms with E-state index in [9.17, 15) is 14.9 Å². The first-order chi connectivity index (χ1) is 13.9. The number of nitrogens with one attached hydrogen (secondary N) is 1. The van der Waals surface area contributed by atoms with Crippen molar-refractivity contribution < 1.29 is 14.5 Å². The number of hydrogen-bond donors (Lipinski definition) is 1. The van der Waals surface area contributed by atoms with E-state index in [1.807, 2.05) is 35.9 Å². The molecule has 0 fully saturated rings. The molecule has 150 valence electrons. The number of aromatic nitrogens is 3. The van der Waals surface area contributed by atoms with E-state index in [0.717, 1.165) is 11.3 Å². The van der Waals surface area contributed by atoms with Gasteiger partial charge in [0.1, 0.15) is 5.75 Å². The summed E-state index contributed by atoms with van der Waals surface area (Å²) in [5.41, 5.74) is 2.04. The van der Waals surface area contributed by atoms with Crippen LogP contribution >= 0.6 is 11.8 Å². The molecule has 0 radical (unpaired) electrons. The number of nitro benzene ring substituents is 1. The number of aryl methyl sites for hydroxylation is 1. The van der Waals surface area contributed by atoms with Gasteiger partial charge in [-0.3, -0.25) is 14.9 Å². The summed E-state index contributed by atoms with van der Waals surface area (Å²) in [6.45, 7) is 1.71. The molecule has 1 amide bonds. The molecule has 1 N–H and O–H groups in total. The molecule has 0 atom stereocenters. The van der Waals surface area contributed by atoms with Crippen molar-refractivity contribution in [1.29, 1.82) is 0 Å². The third-order valence-corrected chi connectivity index (χ3v) is 5.23. The maximum absolute atomic E-state index is 12.3. The second-order valence-electron chi connectivity index (χ2n) is 6.19. The predicted molar refractivity (Wildman–Crippen MR) is 110 cm³/mol. The maximum atomic E-state index is 12.3. The lowest BCUT2D eigenvalue weighted by Crippen LogP contribution is -2.15. The minimum atomic E-state index is -0.469. The van der Waals surface area contributed by atoms with Crippen molar-refractivity contribution in [2.45, 2.75) is 12.1 Å². The lowest BCUT2D eigenvalue weighted by Gasteiger charge is -2.08. The molecule has 2 aromatic carbocycles. The Balaban J connectivity index is 1.63. The highest BCUT2D eigenvalue weighted by atomic mass is 32.2. The maximum Gasteiger partial charge on any atom is 0.269 e. The summed E-state index contributed by atoms with van der Waals surface area (Å²) in [6, 6.07) is 11.8. The molecule has 0 aliphatic rings. The van der Waals surface area contributed by atoms with Crippen LogP contribution in [0.1, 0.15) is 5.56 Å². The van der Waals surface area contributed by atoms with Gasteiger partial charge >= 0.3 is 0 Å². The molecule has 10 heteroatoms. The SMILES string of the molecule is COc1ccc(-c2nnc(SCC(=O)Nc3ccc([N+](=O)[O-])cc3C)n2C)cc1. The molecule has 0 aliphatic heterocycles. The van der Waals surface area contributed by atoms with Crippen molar-refractivity contribution in [3.63, 3.8) is 0 Å². The van der Waals surface area contributed by atoms with E-state index in [2.05, 4.69) is 15.5 Å². The van der Waals surface area contributed by atoms with E-state index in [-0.39, 0.29) is 17.3 Å². The highest BCUT2D eigenvalue weighted by Crippen LogP contribution is 2.25. The molecular formula is C19H19N5O4S. The van der Waals surface area contributed by atoms with Gasteiger partial charge in [0.15, 0.2) is 11.0 Å². The molecule has 0 aliphatic carbocycles. The Kier molecular flexibility index (Phi) is 6.13. The van der Waals surface area contributed by atoms with Crippen LogP contribution in [0.4, 0.5) is 11.4 Å². The van der Waals surface area contributed by atoms with Gasteiger partial charge in [0.25, 0.3) is 5.69 Å². The van der Waals surface area contributed by atoms with Gasteiger partial charge < -0.3 is 14.6 Å². The number of amides is 1. The first-order valence-corrected chi connectivity index (χ1v) is 9.59. The molecule has 0 spiro atoms. The lowest BCUT2D eigenvalue weighted by atomic mass is 10.2. The molecule has 3 rings (SSSR count). The Hall–Kier alpha value is -3.40. The fourth-order valence-electron chi connectivity index (χ4n) is 2.65. The molecule has 9 nitrogen and oxygen atoms in total. The highest BCUT2D eigenvalue weighted by molar-refractivity contribution is 7.99. The topological polar surface area (TPSA) is 112 Å². The number of methoxy groups -OCH3 is 1. The fraction of sp³-hybridized carbons (Fsp3) is 0.211. The molecule has 1 aromatic heterocycles. The zero-order valence-corrected chi connectivity index (χ0v) is 16.9. The minimum absolute atomic E-state index is 0.0139. The number of carbonyl (C=O) groups is 1. The van der Waals surface area contributed by atoms with Gasteiger partial charge in [0.05, 0.1) is 17.8 Å². The quantitative estimate of drug-likeness (QED) is 0.359. The summed E-state index contributed by atoms with van der Waals surface area (Å²) < 4.78 is 6.97. The standard InChI is InChI=1S/C19H19N5O4S/c1-12-10-14(24(26)27)6-9-16(12)20-17(25)11-29-19-22-21-18(23(19)2)13-4-7-15(28-3)8-5-13/h4-10H,11H2,1-3H3,(H,20,25). The smallest absolute Gasteiger partial charge is 0.269 e. The van der Waals surface area contributed by atoms with E-state index in [4.69, 9.17) is 4.74 Å². The summed E-state index contributed by atoms with van der Waals surface area (Å²) in [5, 5.41) is 22.5. The van der Waals surface area contributed by atoms with E-state index in [0.29, 0.717) is 22.2 Å². The lowest BCUT2D eigenvalue weighted by molar-refractivity contribution is -0.384. The summed E-state index contributed by atoms with van der Waals surface area (Å²) >= 11 is 1.26. The Morgan fingerprint density at radius 1 is 1.24 bits per heavy atom. The van der Waals surface area contributed by atoms with Gasteiger partial charge in [-0.15, -0.1) is 10.2 Å². The first kappa shape index (κ1) is 20.3. The van der Waals surface area contributed by atoms with Crippen LogP contribution in [0.15, 0.2) is 47.6 Å². The van der Waals surface area contributed by atoms with Gasteiger partial charge in [-0.2, -0.15) is 0 Å². The number of ether oxygens (including phenoxy) is 1. The Labute approximate surface area is 171 Å². The monoisotopic (exact) mass is 413 g/mol. The third-order valence-electron chi connectivity index (χ3n) is 4.21. The van der Waals surface area contributed by atoms with Gasteiger partial charge in [-0.25, -0.2) is 0 Å². The van der Waals surface area contributed by atoms with Crippen LogP contribution in [0.25, 0.3) is 11.4 Å². The normalized spacial score (nSPS) is 10.6. The molecule has 0 unspecified atom stereocenters. The largest absolute Gasteiger partial charge is 0.497 e. The molecular weight excluding hydrogens is 394 g/mol. The van der Waals surface area contributed by atoms with Crippen molar-refractivity contribution in [3.8, 4) is 17.1 Å². The molecule has 0 bridgehead atoms. The predicted octanol–water partition coefficient (Wildman–Crippen LogP) is 3.44. The average molecular weight is 413 g/mol. The van der Waals surface area contributed by atoms with E-state index in [1.165, 1.54) is 30.0 Å². The van der Waals surface area contributed by atoms with Gasteiger partial charge in [0.2, 0.25) is 5.91 Å². The number of nitrogens with zero attached hydrogens (tertiary/aromatic N) is 4. The Morgan fingerprint density at radius 2 is 1.97 bits per heavy atom. The minimum Gasteiger partial charge on any atom is -0.497 e. The van der Waals surface area contributed by atoms with E-state index < -0.39 is 4.92 Å². The van der Waals surface area contributed by atoms with Crippen molar-refractivity contribution in [3.05, 3.63) is 58.1 Å². The number of thioether (sulfide) groups is 1. The van der Waals surface area contributed by atoms with Crippen LogP contribution in [0, 0.1) is 17.0 Å². The molecule has 1 heterocycles. The summed E-state index contributed by atoms with van der Waals surface area (Å²) in [6.07, 6.45) is 0. The first-order valence-electron chi connectivity index (χ1n) is 8.60. The van der Waals surface area contributed by atoms with Crippen molar-refractivity contribution in [2.75, 3.05) is 18.2 Å². The van der Waals surface area contributed by atoms with Crippen LogP contribution in [-0.4, -0.2) is 38.5 Å². The number of rotatable bonds is 7. The molecule has 29 heavy (non-hydrogen) atoms. The molecule has 3 aromatic rings. The number of hydrogen-bond acceptors (Lipinski definition) is 7. The van der Waals surface area contributed by atoms with Crippen LogP contribution in [0.5, 0.6) is 5.75 Å². The number of nitro groups is 1. The van der Waals surface area contributed by atoms with Crippen molar-refractivity contribution >= 4 is 29.0 Å². The molecule has 0 saturated heterocycles. The second kappa shape index (κ2) is 8.74. The summed E-state index contributed by atoms with van der Waals surface area (Å²) in [5.74, 6) is 1.33. The number of carbonyl (C=O) groups excluding carboxylic acids is 1. The Morgan fingerprint density at radius 3 is 2.59 bits per heavy atom. The number of non-ortho nitro benzene ring substituents is 1. The zero-order valence-electron chi connectivity index (χ0n) is 16.1. The zero-order chi connectivity index (χ0) is 21.0. The average Bonchev–Trinajstić information content (AvgIpc) is 3.08. The number of benzene rings is 2. The van der Waals surface area contributed by atoms with Crippen LogP contribution in [0.3, 0.4) is 0 Å².